The minimum Gasteiger partial charge on any atom is -0.349 e. The fourth-order valence-electron chi connectivity index (χ4n) is 6.45. The number of nitrogens with one attached hydrogen (secondary N) is 1. The van der Waals surface area contributed by atoms with Crippen molar-refractivity contribution in [3.05, 3.63) is 94.0 Å². The number of rotatable bonds is 6. The van der Waals surface area contributed by atoms with E-state index in [1.807, 2.05) is 24.3 Å². The summed E-state index contributed by atoms with van der Waals surface area (Å²) in [5.41, 5.74) is 0.00478. The third-order valence-electron chi connectivity index (χ3n) is 8.64. The van der Waals surface area contributed by atoms with Crippen molar-refractivity contribution in [1.29, 1.82) is 0 Å². The lowest BCUT2D eigenvalue weighted by molar-refractivity contribution is -0.128. The van der Waals surface area contributed by atoms with Gasteiger partial charge < -0.3 is 15.1 Å². The summed E-state index contributed by atoms with van der Waals surface area (Å²) in [5.74, 6) is -1.55. The van der Waals surface area contributed by atoms with Gasteiger partial charge in [0.15, 0.2) is 0 Å². The number of carbonyl (C=O) groups is 3. The highest BCUT2D eigenvalue weighted by molar-refractivity contribution is 6.30. The second kappa shape index (κ2) is 11.1. The molecule has 1 spiro atoms. The predicted molar refractivity (Wildman–Crippen MR) is 150 cm³/mol. The molecule has 0 atom stereocenters. The molecule has 3 aromatic rings. The minimum absolute atomic E-state index is 0.0103. The molecule has 0 bridgehead atoms. The molecule has 1 aromatic heterocycles. The van der Waals surface area contributed by atoms with Gasteiger partial charge >= 0.3 is 0 Å². The molecular formula is C31H28ClF3N4O3. The summed E-state index contributed by atoms with van der Waals surface area (Å²) in [7, 11) is 0. The maximum atomic E-state index is 14.2. The quantitative estimate of drug-likeness (QED) is 0.405. The van der Waals surface area contributed by atoms with Crippen LogP contribution in [0.4, 0.5) is 18.9 Å². The van der Waals surface area contributed by atoms with Crippen LogP contribution in [0.15, 0.2) is 60.8 Å². The van der Waals surface area contributed by atoms with Gasteiger partial charge in [-0.3, -0.25) is 19.4 Å². The van der Waals surface area contributed by atoms with Gasteiger partial charge in [0.05, 0.1) is 16.1 Å². The minimum atomic E-state index is -2.90. The first kappa shape index (κ1) is 28.2. The molecule has 6 rings (SSSR count). The Morgan fingerprint density at radius 2 is 1.71 bits per heavy atom. The topological polar surface area (TPSA) is 82.6 Å². The lowest BCUT2D eigenvalue weighted by Gasteiger charge is -2.47. The van der Waals surface area contributed by atoms with Crippen molar-refractivity contribution in [3.63, 3.8) is 0 Å². The molecule has 0 radical (unpaired) electrons. The summed E-state index contributed by atoms with van der Waals surface area (Å²) in [6.45, 7) is 0.863. The number of hydrogen-bond acceptors (Lipinski definition) is 4. The Bertz CT molecular complexity index is 1550. The normalized spacial score (nSPS) is 20.9. The van der Waals surface area contributed by atoms with Gasteiger partial charge in [0, 0.05) is 37.6 Å². The predicted octanol–water partition coefficient (Wildman–Crippen LogP) is 5.54. The van der Waals surface area contributed by atoms with Gasteiger partial charge in [-0.15, -0.1) is 0 Å². The Hall–Kier alpha value is -3.92. The van der Waals surface area contributed by atoms with Crippen LogP contribution in [0.5, 0.6) is 0 Å². The molecule has 2 aromatic carbocycles. The van der Waals surface area contributed by atoms with Gasteiger partial charge in [-0.25, -0.2) is 13.2 Å². The summed E-state index contributed by atoms with van der Waals surface area (Å²) in [6.07, 6.45) is 0.926. The third-order valence-corrected chi connectivity index (χ3v) is 8.84. The molecule has 218 valence electrons. The first-order valence-corrected chi connectivity index (χ1v) is 14.3. The number of amides is 3. The van der Waals surface area contributed by atoms with E-state index in [4.69, 9.17) is 11.6 Å². The maximum absolute atomic E-state index is 14.2. The van der Waals surface area contributed by atoms with Crippen LogP contribution < -0.4 is 10.2 Å². The number of para-hydroxylation sites is 1. The molecule has 11 heteroatoms. The Labute approximate surface area is 245 Å². The van der Waals surface area contributed by atoms with Crippen LogP contribution in [0.2, 0.25) is 5.02 Å². The van der Waals surface area contributed by atoms with Crippen molar-refractivity contribution in [2.75, 3.05) is 24.5 Å². The van der Waals surface area contributed by atoms with E-state index >= 15 is 0 Å². The third kappa shape index (κ3) is 4.91. The SMILES string of the molecule is O=C(NC1CCC(CN2C(=O)C3(CN(C(=O)c4ccccc4F)C3)c3ccccc32)CC1)c1cc(Cl)cnc1C(F)F. The Kier molecular flexibility index (Phi) is 7.43. The molecule has 2 aliphatic heterocycles. The van der Waals surface area contributed by atoms with Crippen molar-refractivity contribution in [3.8, 4) is 0 Å². The molecule has 3 amide bonds. The van der Waals surface area contributed by atoms with E-state index in [1.165, 1.54) is 29.2 Å². The van der Waals surface area contributed by atoms with E-state index in [-0.39, 0.29) is 47.1 Å². The van der Waals surface area contributed by atoms with Crippen LogP contribution in [-0.2, 0) is 10.2 Å². The van der Waals surface area contributed by atoms with Gasteiger partial charge in [0.25, 0.3) is 18.2 Å². The summed E-state index contributed by atoms with van der Waals surface area (Å²) in [6, 6.07) is 14.4. The van der Waals surface area contributed by atoms with E-state index < -0.39 is 35.2 Å². The van der Waals surface area contributed by atoms with E-state index in [9.17, 15) is 27.6 Å². The van der Waals surface area contributed by atoms with Crippen molar-refractivity contribution in [1.82, 2.24) is 15.2 Å². The fraction of sp³-hybridized carbons (Fsp3) is 0.355. The van der Waals surface area contributed by atoms with Crippen LogP contribution in [0.25, 0.3) is 0 Å². The lowest BCUT2D eigenvalue weighted by Crippen LogP contribution is -2.65. The highest BCUT2D eigenvalue weighted by Gasteiger charge is 2.59. The first-order chi connectivity index (χ1) is 20.2. The zero-order valence-corrected chi connectivity index (χ0v) is 23.3. The highest BCUT2D eigenvalue weighted by atomic mass is 35.5. The van der Waals surface area contributed by atoms with Gasteiger partial charge in [-0.2, -0.15) is 0 Å². The second-order valence-electron chi connectivity index (χ2n) is 11.2. The molecule has 3 aliphatic rings. The lowest BCUT2D eigenvalue weighted by atomic mass is 9.74. The Morgan fingerprint density at radius 3 is 2.43 bits per heavy atom. The summed E-state index contributed by atoms with van der Waals surface area (Å²) in [4.78, 5) is 46.5. The number of alkyl halides is 2. The van der Waals surface area contributed by atoms with Crippen molar-refractivity contribution < 1.29 is 27.6 Å². The number of fused-ring (bicyclic) bond motifs is 2. The number of halogens is 4. The van der Waals surface area contributed by atoms with Crippen molar-refractivity contribution in [2.45, 2.75) is 43.6 Å². The molecule has 0 unspecified atom stereocenters. The summed E-state index contributed by atoms with van der Waals surface area (Å²) < 4.78 is 41.0. The number of hydrogen-bond donors (Lipinski definition) is 1. The molecule has 7 nitrogen and oxygen atoms in total. The number of benzene rings is 2. The van der Waals surface area contributed by atoms with Crippen molar-refractivity contribution >= 4 is 35.0 Å². The monoisotopic (exact) mass is 596 g/mol. The van der Waals surface area contributed by atoms with Crippen LogP contribution in [0.1, 0.15) is 64.1 Å². The molecule has 1 N–H and O–H groups in total. The Morgan fingerprint density at radius 1 is 1.02 bits per heavy atom. The number of pyridine rings is 1. The average Bonchev–Trinajstić information content (AvgIpc) is 3.20. The van der Waals surface area contributed by atoms with E-state index in [1.54, 1.807) is 11.0 Å². The zero-order chi connectivity index (χ0) is 29.6. The number of likely N-dealkylation sites (tertiary alicyclic amines) is 1. The first-order valence-electron chi connectivity index (χ1n) is 13.9. The Balaban J connectivity index is 1.09. The van der Waals surface area contributed by atoms with E-state index in [0.717, 1.165) is 30.3 Å². The molecule has 2 fully saturated rings. The number of carbonyl (C=O) groups excluding carboxylic acids is 3. The summed E-state index contributed by atoms with van der Waals surface area (Å²) >= 11 is 5.89. The molecule has 1 aliphatic carbocycles. The average molecular weight is 597 g/mol. The number of nitrogens with zero attached hydrogens (tertiary/aromatic N) is 3. The number of anilines is 1. The molecule has 1 saturated heterocycles. The van der Waals surface area contributed by atoms with Crippen molar-refractivity contribution in [2.24, 2.45) is 5.92 Å². The zero-order valence-electron chi connectivity index (χ0n) is 22.5. The van der Waals surface area contributed by atoms with Gasteiger partial charge in [-0.1, -0.05) is 41.9 Å². The van der Waals surface area contributed by atoms with Crippen LogP contribution in [-0.4, -0.2) is 53.3 Å². The summed E-state index contributed by atoms with van der Waals surface area (Å²) in [5, 5.41) is 2.95. The molecule has 3 heterocycles. The van der Waals surface area contributed by atoms with Gasteiger partial charge in [0.2, 0.25) is 5.91 Å². The smallest absolute Gasteiger partial charge is 0.281 e. The molecular weight excluding hydrogens is 569 g/mol. The highest BCUT2D eigenvalue weighted by Crippen LogP contribution is 2.48. The van der Waals surface area contributed by atoms with Gasteiger partial charge in [0.1, 0.15) is 16.9 Å². The van der Waals surface area contributed by atoms with E-state index in [2.05, 4.69) is 10.3 Å². The van der Waals surface area contributed by atoms with Crippen LogP contribution in [0.3, 0.4) is 0 Å². The van der Waals surface area contributed by atoms with Crippen LogP contribution >= 0.6 is 11.6 Å². The largest absolute Gasteiger partial charge is 0.349 e. The number of aromatic nitrogens is 1. The molecule has 1 saturated carbocycles. The maximum Gasteiger partial charge on any atom is 0.281 e. The molecule has 42 heavy (non-hydrogen) atoms. The standard InChI is InChI=1S/C31H28ClF3N4O3/c32-19-13-22(26(27(34)35)36-14-19)28(40)37-20-11-9-18(10-12-20)15-39-25-8-4-2-6-23(25)31(30(39)42)16-38(17-31)29(41)21-5-1-3-7-24(21)33/h1-8,13-14,18,20,27H,9-12,15-17H2,(H,37,40). The van der Waals surface area contributed by atoms with Gasteiger partial charge in [-0.05, 0) is 61.4 Å². The van der Waals surface area contributed by atoms with E-state index in [0.29, 0.717) is 19.4 Å². The van der Waals surface area contributed by atoms with Crippen LogP contribution in [0, 0.1) is 11.7 Å². The fourth-order valence-corrected chi connectivity index (χ4v) is 6.61. The second-order valence-corrected chi connectivity index (χ2v) is 11.7.